The van der Waals surface area contributed by atoms with Crippen molar-refractivity contribution >= 4 is 11.6 Å². The van der Waals surface area contributed by atoms with Crippen LogP contribution in [0.25, 0.3) is 0 Å². The predicted octanol–water partition coefficient (Wildman–Crippen LogP) is 3.13. The Balaban J connectivity index is 2.34. The third-order valence-electron chi connectivity index (χ3n) is 2.73. The van der Waals surface area contributed by atoms with Crippen LogP contribution in [0.2, 0.25) is 5.02 Å². The molecule has 1 atom stereocenters. The molecule has 0 spiro atoms. The number of rotatable bonds is 7. The molecule has 0 saturated heterocycles. The lowest BCUT2D eigenvalue weighted by molar-refractivity contribution is 0.501. The minimum absolute atomic E-state index is 0.457. The second-order valence-electron chi connectivity index (χ2n) is 4.58. The maximum absolute atomic E-state index is 6.18. The second-order valence-corrected chi connectivity index (χ2v) is 4.99. The molecule has 0 saturated carbocycles. The van der Waals surface area contributed by atoms with E-state index in [4.69, 9.17) is 11.6 Å². The summed E-state index contributed by atoms with van der Waals surface area (Å²) in [7, 11) is 0. The summed E-state index contributed by atoms with van der Waals surface area (Å²) in [5, 5.41) is 7.72. The van der Waals surface area contributed by atoms with Gasteiger partial charge >= 0.3 is 0 Å². The molecule has 1 rings (SSSR count). The summed E-state index contributed by atoms with van der Waals surface area (Å²) in [6, 6.07) is 6.66. The fourth-order valence-corrected chi connectivity index (χ4v) is 1.95. The quantitative estimate of drug-likeness (QED) is 0.731. The van der Waals surface area contributed by atoms with E-state index >= 15 is 0 Å². The highest BCUT2D eigenvalue weighted by Crippen LogP contribution is 2.17. The smallest absolute Gasteiger partial charge is 0.0453 e. The number of hydrogen-bond donors (Lipinski definition) is 2. The van der Waals surface area contributed by atoms with E-state index < -0.39 is 0 Å². The summed E-state index contributed by atoms with van der Waals surface area (Å²) >= 11 is 6.18. The highest BCUT2D eigenvalue weighted by molar-refractivity contribution is 6.31. The van der Waals surface area contributed by atoms with Crippen molar-refractivity contribution in [2.45, 2.75) is 39.8 Å². The zero-order chi connectivity index (χ0) is 12.7. The third-order valence-corrected chi connectivity index (χ3v) is 3.08. The largest absolute Gasteiger partial charge is 0.315 e. The molecular formula is C14H23ClN2. The van der Waals surface area contributed by atoms with E-state index in [0.717, 1.165) is 24.7 Å². The van der Waals surface area contributed by atoms with E-state index in [-0.39, 0.29) is 0 Å². The SMILES string of the molecule is CCCNCC(C)NCc1ccc(C)cc1Cl. The van der Waals surface area contributed by atoms with Crippen LogP contribution < -0.4 is 10.6 Å². The number of benzene rings is 1. The molecule has 0 aliphatic heterocycles. The lowest BCUT2D eigenvalue weighted by Gasteiger charge is -2.15. The Morgan fingerprint density at radius 3 is 2.76 bits per heavy atom. The average molecular weight is 255 g/mol. The van der Waals surface area contributed by atoms with E-state index in [1.807, 2.05) is 6.07 Å². The molecule has 17 heavy (non-hydrogen) atoms. The van der Waals surface area contributed by atoms with Gasteiger partial charge in [0.25, 0.3) is 0 Å². The topological polar surface area (TPSA) is 24.1 Å². The Labute approximate surface area is 110 Å². The van der Waals surface area contributed by atoms with Gasteiger partial charge in [0.05, 0.1) is 0 Å². The van der Waals surface area contributed by atoms with Crippen molar-refractivity contribution in [3.8, 4) is 0 Å². The van der Waals surface area contributed by atoms with Crippen molar-refractivity contribution in [3.05, 3.63) is 34.3 Å². The molecule has 0 aromatic heterocycles. The van der Waals surface area contributed by atoms with Gasteiger partial charge in [0.2, 0.25) is 0 Å². The van der Waals surface area contributed by atoms with Crippen LogP contribution in [0.1, 0.15) is 31.4 Å². The van der Waals surface area contributed by atoms with E-state index in [2.05, 4.69) is 43.5 Å². The van der Waals surface area contributed by atoms with Crippen LogP contribution in [0.3, 0.4) is 0 Å². The predicted molar refractivity (Wildman–Crippen MR) is 75.7 cm³/mol. The van der Waals surface area contributed by atoms with Crippen LogP contribution in [0.15, 0.2) is 18.2 Å². The lowest BCUT2D eigenvalue weighted by Crippen LogP contribution is -2.36. The van der Waals surface area contributed by atoms with Gasteiger partial charge in [-0.3, -0.25) is 0 Å². The van der Waals surface area contributed by atoms with Crippen LogP contribution in [0, 0.1) is 6.92 Å². The molecular weight excluding hydrogens is 232 g/mol. The van der Waals surface area contributed by atoms with E-state index in [9.17, 15) is 0 Å². The number of nitrogens with one attached hydrogen (secondary N) is 2. The minimum atomic E-state index is 0.457. The number of aryl methyl sites for hydroxylation is 1. The highest BCUT2D eigenvalue weighted by Gasteiger charge is 2.03. The Bertz CT molecular complexity index is 339. The van der Waals surface area contributed by atoms with Crippen LogP contribution in [-0.4, -0.2) is 19.1 Å². The Morgan fingerprint density at radius 2 is 2.12 bits per heavy atom. The molecule has 0 fully saturated rings. The molecule has 96 valence electrons. The Kier molecular flexibility index (Phi) is 6.56. The van der Waals surface area contributed by atoms with Crippen molar-refractivity contribution in [1.29, 1.82) is 0 Å². The average Bonchev–Trinajstić information content (AvgIpc) is 2.28. The first-order valence-corrected chi connectivity index (χ1v) is 6.70. The Hall–Kier alpha value is -0.570. The number of hydrogen-bond acceptors (Lipinski definition) is 2. The summed E-state index contributed by atoms with van der Waals surface area (Å²) < 4.78 is 0. The molecule has 1 unspecified atom stereocenters. The fourth-order valence-electron chi connectivity index (χ4n) is 1.65. The van der Waals surface area contributed by atoms with Gasteiger partial charge in [-0.25, -0.2) is 0 Å². The van der Waals surface area contributed by atoms with Gasteiger partial charge in [0.15, 0.2) is 0 Å². The molecule has 2 nitrogen and oxygen atoms in total. The molecule has 1 aromatic carbocycles. The van der Waals surface area contributed by atoms with E-state index in [1.165, 1.54) is 17.5 Å². The van der Waals surface area contributed by atoms with Crippen molar-refractivity contribution in [2.75, 3.05) is 13.1 Å². The van der Waals surface area contributed by atoms with Gasteiger partial charge in [0.1, 0.15) is 0 Å². The van der Waals surface area contributed by atoms with Gasteiger partial charge in [-0.05, 0) is 44.0 Å². The molecule has 0 heterocycles. The van der Waals surface area contributed by atoms with Crippen molar-refractivity contribution in [2.24, 2.45) is 0 Å². The molecule has 0 radical (unpaired) electrons. The molecule has 0 amide bonds. The third kappa shape index (κ3) is 5.53. The molecule has 1 aromatic rings. The number of halogens is 1. The van der Waals surface area contributed by atoms with Crippen LogP contribution in [0.5, 0.6) is 0 Å². The van der Waals surface area contributed by atoms with E-state index in [0.29, 0.717) is 6.04 Å². The minimum Gasteiger partial charge on any atom is -0.315 e. The molecule has 2 N–H and O–H groups in total. The zero-order valence-corrected chi connectivity index (χ0v) is 11.8. The van der Waals surface area contributed by atoms with Gasteiger partial charge in [-0.15, -0.1) is 0 Å². The first-order valence-electron chi connectivity index (χ1n) is 6.32. The summed E-state index contributed by atoms with van der Waals surface area (Å²) in [6.45, 7) is 9.32. The summed E-state index contributed by atoms with van der Waals surface area (Å²) in [5.74, 6) is 0. The van der Waals surface area contributed by atoms with E-state index in [1.54, 1.807) is 0 Å². The summed E-state index contributed by atoms with van der Waals surface area (Å²) in [5.41, 5.74) is 2.37. The van der Waals surface area contributed by atoms with Crippen molar-refractivity contribution < 1.29 is 0 Å². The molecule has 3 heteroatoms. The van der Waals surface area contributed by atoms with Crippen LogP contribution >= 0.6 is 11.6 Å². The normalized spacial score (nSPS) is 12.7. The molecule has 0 aliphatic rings. The van der Waals surface area contributed by atoms with Crippen molar-refractivity contribution in [1.82, 2.24) is 10.6 Å². The summed E-state index contributed by atoms with van der Waals surface area (Å²) in [4.78, 5) is 0. The van der Waals surface area contributed by atoms with Crippen molar-refractivity contribution in [3.63, 3.8) is 0 Å². The van der Waals surface area contributed by atoms with Gasteiger partial charge < -0.3 is 10.6 Å². The first kappa shape index (κ1) is 14.5. The van der Waals surface area contributed by atoms with Gasteiger partial charge in [-0.1, -0.05) is 30.7 Å². The zero-order valence-electron chi connectivity index (χ0n) is 11.0. The highest BCUT2D eigenvalue weighted by atomic mass is 35.5. The molecule has 0 bridgehead atoms. The Morgan fingerprint density at radius 1 is 1.35 bits per heavy atom. The second kappa shape index (κ2) is 7.70. The lowest BCUT2D eigenvalue weighted by atomic mass is 10.1. The maximum Gasteiger partial charge on any atom is 0.0453 e. The summed E-state index contributed by atoms with van der Waals surface area (Å²) in [6.07, 6.45) is 1.18. The van der Waals surface area contributed by atoms with Gasteiger partial charge in [0, 0.05) is 24.2 Å². The maximum atomic E-state index is 6.18. The van der Waals surface area contributed by atoms with Crippen LogP contribution in [0.4, 0.5) is 0 Å². The van der Waals surface area contributed by atoms with Crippen LogP contribution in [-0.2, 0) is 6.54 Å². The standard InChI is InChI=1S/C14H23ClN2/c1-4-7-16-9-12(3)17-10-13-6-5-11(2)8-14(13)15/h5-6,8,12,16-17H,4,7,9-10H2,1-3H3. The first-order chi connectivity index (χ1) is 8.13. The monoisotopic (exact) mass is 254 g/mol. The molecule has 0 aliphatic carbocycles. The fraction of sp³-hybridized carbons (Fsp3) is 0.571. The van der Waals surface area contributed by atoms with Gasteiger partial charge in [-0.2, -0.15) is 0 Å².